The second kappa shape index (κ2) is 5.99. The van der Waals surface area contributed by atoms with Crippen molar-refractivity contribution in [2.45, 2.75) is 18.9 Å². The topological polar surface area (TPSA) is 89.3 Å². The third kappa shape index (κ3) is 2.99. The van der Waals surface area contributed by atoms with Gasteiger partial charge in [0.25, 0.3) is 0 Å². The first-order chi connectivity index (χ1) is 10.6. The molecule has 1 atom stereocenters. The first-order valence-corrected chi connectivity index (χ1v) is 7.05. The highest BCUT2D eigenvalue weighted by molar-refractivity contribution is 5.84. The third-order valence-electron chi connectivity index (χ3n) is 3.62. The summed E-state index contributed by atoms with van der Waals surface area (Å²) in [5.41, 5.74) is 7.08. The van der Waals surface area contributed by atoms with E-state index in [4.69, 9.17) is 15.3 Å². The van der Waals surface area contributed by atoms with Crippen molar-refractivity contribution in [1.82, 2.24) is 4.98 Å². The monoisotopic (exact) mass is 296 g/mol. The number of hydrogen-bond acceptors (Lipinski definition) is 4. The Hall–Kier alpha value is -2.66. The molecule has 0 amide bonds. The van der Waals surface area contributed by atoms with Crippen LogP contribution >= 0.6 is 0 Å². The van der Waals surface area contributed by atoms with Crippen LogP contribution in [-0.4, -0.2) is 16.1 Å². The van der Waals surface area contributed by atoms with Crippen LogP contribution in [0.1, 0.15) is 34.4 Å². The number of benzene rings is 2. The van der Waals surface area contributed by atoms with Gasteiger partial charge in [-0.25, -0.2) is 9.78 Å². The zero-order valence-corrected chi connectivity index (χ0v) is 11.9. The van der Waals surface area contributed by atoms with Crippen molar-refractivity contribution in [3.8, 4) is 0 Å². The molecule has 112 valence electrons. The minimum absolute atomic E-state index is 0.115. The summed E-state index contributed by atoms with van der Waals surface area (Å²) in [4.78, 5) is 14.7. The van der Waals surface area contributed by atoms with Crippen molar-refractivity contribution in [2.75, 3.05) is 0 Å². The van der Waals surface area contributed by atoms with Gasteiger partial charge in [-0.05, 0) is 29.2 Å². The fourth-order valence-corrected chi connectivity index (χ4v) is 2.40. The zero-order valence-electron chi connectivity index (χ0n) is 11.9. The largest absolute Gasteiger partial charge is 0.476 e. The normalized spacial score (nSPS) is 12.4. The molecule has 0 saturated heterocycles. The van der Waals surface area contributed by atoms with Gasteiger partial charge in [0, 0.05) is 0 Å². The molecule has 0 saturated carbocycles. The van der Waals surface area contributed by atoms with E-state index in [1.807, 2.05) is 12.1 Å². The van der Waals surface area contributed by atoms with E-state index >= 15 is 0 Å². The summed E-state index contributed by atoms with van der Waals surface area (Å²) in [6, 6.07) is 14.1. The number of aromatic nitrogens is 1. The van der Waals surface area contributed by atoms with Crippen LogP contribution in [0, 0.1) is 0 Å². The van der Waals surface area contributed by atoms with Crippen LogP contribution < -0.4 is 5.73 Å². The van der Waals surface area contributed by atoms with Crippen molar-refractivity contribution in [3.63, 3.8) is 0 Å². The average molecular weight is 296 g/mol. The van der Waals surface area contributed by atoms with Crippen LogP contribution in [0.3, 0.4) is 0 Å². The molecule has 3 aromatic rings. The Kier molecular flexibility index (Phi) is 3.89. The van der Waals surface area contributed by atoms with Crippen molar-refractivity contribution in [3.05, 3.63) is 65.9 Å². The summed E-state index contributed by atoms with van der Waals surface area (Å²) >= 11 is 0. The quantitative estimate of drug-likeness (QED) is 0.755. The van der Waals surface area contributed by atoms with Gasteiger partial charge >= 0.3 is 5.97 Å². The zero-order chi connectivity index (χ0) is 15.5. The third-order valence-corrected chi connectivity index (χ3v) is 3.62. The minimum atomic E-state index is -1.11. The smallest absolute Gasteiger partial charge is 0.357 e. The highest BCUT2D eigenvalue weighted by Crippen LogP contribution is 2.20. The summed E-state index contributed by atoms with van der Waals surface area (Å²) in [6.07, 6.45) is 2.53. The molecular weight excluding hydrogens is 280 g/mol. The minimum Gasteiger partial charge on any atom is -0.476 e. The van der Waals surface area contributed by atoms with Crippen LogP contribution in [-0.2, 0) is 6.42 Å². The Labute approximate surface area is 127 Å². The van der Waals surface area contributed by atoms with E-state index in [1.54, 1.807) is 0 Å². The molecule has 0 bridgehead atoms. The molecule has 1 aromatic heterocycles. The fraction of sp³-hybridized carbons (Fsp3) is 0.176. The second-order valence-electron chi connectivity index (χ2n) is 5.20. The summed E-state index contributed by atoms with van der Waals surface area (Å²) in [5, 5.41) is 11.2. The maximum atomic E-state index is 10.8. The fourth-order valence-electron chi connectivity index (χ4n) is 2.40. The van der Waals surface area contributed by atoms with Crippen LogP contribution in [0.4, 0.5) is 0 Å². The Morgan fingerprint density at radius 1 is 1.23 bits per heavy atom. The molecule has 2 aromatic carbocycles. The van der Waals surface area contributed by atoms with E-state index in [1.165, 1.54) is 16.3 Å². The maximum absolute atomic E-state index is 10.8. The van der Waals surface area contributed by atoms with Crippen LogP contribution in [0.5, 0.6) is 0 Å². The molecule has 5 nitrogen and oxygen atoms in total. The maximum Gasteiger partial charge on any atom is 0.357 e. The number of carbonyl (C=O) groups is 1. The second-order valence-corrected chi connectivity index (χ2v) is 5.20. The van der Waals surface area contributed by atoms with Gasteiger partial charge in [-0.3, -0.25) is 0 Å². The number of nitrogens with two attached hydrogens (primary N) is 1. The standard InChI is InChI=1S/C17H16N2O3/c18-14(16-19-15(10-22-16)17(20)21)8-6-11-5-7-12-3-1-2-4-13(12)9-11/h1-5,7,9-10,14H,6,8,18H2,(H,20,21). The van der Waals surface area contributed by atoms with E-state index in [9.17, 15) is 4.79 Å². The molecule has 1 unspecified atom stereocenters. The van der Waals surface area contributed by atoms with E-state index in [2.05, 4.69) is 35.3 Å². The SMILES string of the molecule is NC(CCc1ccc2ccccc2c1)c1nc(C(=O)O)co1. The van der Waals surface area contributed by atoms with Crippen molar-refractivity contribution in [1.29, 1.82) is 0 Å². The predicted molar refractivity (Wildman–Crippen MR) is 82.7 cm³/mol. The summed E-state index contributed by atoms with van der Waals surface area (Å²) in [7, 11) is 0. The molecule has 0 aliphatic rings. The molecule has 0 aliphatic heterocycles. The van der Waals surface area contributed by atoms with Crippen molar-refractivity contribution >= 4 is 16.7 Å². The highest BCUT2D eigenvalue weighted by atomic mass is 16.4. The molecule has 0 aliphatic carbocycles. The predicted octanol–water partition coefficient (Wildman–Crippen LogP) is 3.16. The van der Waals surface area contributed by atoms with Gasteiger partial charge in [0.2, 0.25) is 5.89 Å². The van der Waals surface area contributed by atoms with Gasteiger partial charge in [0.05, 0.1) is 6.04 Å². The van der Waals surface area contributed by atoms with Gasteiger partial charge in [-0.1, -0.05) is 42.5 Å². The lowest BCUT2D eigenvalue weighted by Gasteiger charge is -2.08. The Balaban J connectivity index is 1.68. The van der Waals surface area contributed by atoms with E-state index in [0.29, 0.717) is 6.42 Å². The first-order valence-electron chi connectivity index (χ1n) is 7.05. The lowest BCUT2D eigenvalue weighted by atomic mass is 10.0. The highest BCUT2D eigenvalue weighted by Gasteiger charge is 2.16. The lowest BCUT2D eigenvalue weighted by Crippen LogP contribution is -2.12. The number of carboxylic acid groups (broad SMARTS) is 1. The number of nitrogens with zero attached hydrogens (tertiary/aromatic N) is 1. The number of fused-ring (bicyclic) bond motifs is 1. The van der Waals surface area contributed by atoms with Gasteiger partial charge in [-0.15, -0.1) is 0 Å². The average Bonchev–Trinajstić information content (AvgIpc) is 3.03. The molecule has 1 heterocycles. The summed E-state index contributed by atoms with van der Waals surface area (Å²) in [6.45, 7) is 0. The number of aryl methyl sites for hydroxylation is 1. The van der Waals surface area contributed by atoms with Crippen LogP contribution in [0.2, 0.25) is 0 Å². The van der Waals surface area contributed by atoms with Crippen LogP contribution in [0.15, 0.2) is 53.1 Å². The van der Waals surface area contributed by atoms with Crippen molar-refractivity contribution in [2.24, 2.45) is 5.73 Å². The number of oxazole rings is 1. The molecule has 5 heteroatoms. The number of rotatable bonds is 5. The molecule has 3 rings (SSSR count). The molecule has 3 N–H and O–H groups in total. The molecule has 0 spiro atoms. The lowest BCUT2D eigenvalue weighted by molar-refractivity contribution is 0.0690. The van der Waals surface area contributed by atoms with Gasteiger partial charge in [0.1, 0.15) is 6.26 Å². The van der Waals surface area contributed by atoms with Gasteiger partial charge in [-0.2, -0.15) is 0 Å². The molecule has 22 heavy (non-hydrogen) atoms. The summed E-state index contributed by atoms with van der Waals surface area (Å²) < 4.78 is 5.13. The molecular formula is C17H16N2O3. The number of aromatic carboxylic acids is 1. The molecule has 0 fully saturated rings. The molecule has 0 radical (unpaired) electrons. The first kappa shape index (κ1) is 14.3. The Morgan fingerprint density at radius 2 is 2.00 bits per heavy atom. The van der Waals surface area contributed by atoms with Crippen LogP contribution in [0.25, 0.3) is 10.8 Å². The van der Waals surface area contributed by atoms with E-state index in [0.717, 1.165) is 12.7 Å². The van der Waals surface area contributed by atoms with Gasteiger partial charge < -0.3 is 15.3 Å². The van der Waals surface area contributed by atoms with E-state index < -0.39 is 12.0 Å². The number of hydrogen-bond donors (Lipinski definition) is 2. The number of carboxylic acids is 1. The van der Waals surface area contributed by atoms with Crippen molar-refractivity contribution < 1.29 is 14.3 Å². The summed E-state index contributed by atoms with van der Waals surface area (Å²) in [5.74, 6) is -0.852. The Bertz CT molecular complexity index is 810. The van der Waals surface area contributed by atoms with E-state index in [-0.39, 0.29) is 11.6 Å². The Morgan fingerprint density at radius 3 is 2.73 bits per heavy atom. The van der Waals surface area contributed by atoms with Gasteiger partial charge in [0.15, 0.2) is 5.69 Å².